The Morgan fingerprint density at radius 1 is 1.31 bits per heavy atom. The minimum absolute atomic E-state index is 0.0116. The van der Waals surface area contributed by atoms with Gasteiger partial charge in [-0.3, -0.25) is 0 Å². The molecule has 0 aromatic rings. The summed E-state index contributed by atoms with van der Waals surface area (Å²) in [6.45, 7) is 6.78. The van der Waals surface area contributed by atoms with E-state index in [0.29, 0.717) is 5.92 Å². The van der Waals surface area contributed by atoms with Gasteiger partial charge in [-0.25, -0.2) is 0 Å². The van der Waals surface area contributed by atoms with Crippen molar-refractivity contribution >= 4 is 0 Å². The normalized spacial score (nSPS) is 35.3. The van der Waals surface area contributed by atoms with E-state index in [-0.39, 0.29) is 6.10 Å². The zero-order chi connectivity index (χ0) is 9.84. The molecule has 0 heterocycles. The molecule has 1 nitrogen and oxygen atoms in total. The van der Waals surface area contributed by atoms with Gasteiger partial charge in [-0.05, 0) is 37.0 Å². The van der Waals surface area contributed by atoms with E-state index >= 15 is 0 Å². The predicted molar refractivity (Wildman–Crippen MR) is 56.6 cm³/mol. The van der Waals surface area contributed by atoms with Crippen molar-refractivity contribution in [1.82, 2.24) is 0 Å². The van der Waals surface area contributed by atoms with Crippen LogP contribution in [0, 0.1) is 17.8 Å². The van der Waals surface area contributed by atoms with Crippen LogP contribution in [0.5, 0.6) is 0 Å². The molecule has 1 saturated carbocycles. The van der Waals surface area contributed by atoms with Gasteiger partial charge in [-0.15, -0.1) is 0 Å². The van der Waals surface area contributed by atoms with Crippen LogP contribution in [0.15, 0.2) is 0 Å². The van der Waals surface area contributed by atoms with Crippen LogP contribution in [0.1, 0.15) is 52.9 Å². The Kier molecular flexibility index (Phi) is 4.24. The smallest absolute Gasteiger partial charge is 0.0570 e. The fourth-order valence-corrected chi connectivity index (χ4v) is 2.30. The molecule has 0 saturated heterocycles. The van der Waals surface area contributed by atoms with Crippen molar-refractivity contribution in [2.45, 2.75) is 59.0 Å². The molecule has 0 spiro atoms. The van der Waals surface area contributed by atoms with Gasteiger partial charge in [-0.2, -0.15) is 0 Å². The van der Waals surface area contributed by atoms with Crippen LogP contribution >= 0.6 is 0 Å². The zero-order valence-electron chi connectivity index (χ0n) is 9.29. The van der Waals surface area contributed by atoms with Crippen LogP contribution in [0.4, 0.5) is 0 Å². The highest BCUT2D eigenvalue weighted by atomic mass is 16.3. The second kappa shape index (κ2) is 4.99. The van der Waals surface area contributed by atoms with E-state index in [1.807, 2.05) is 0 Å². The molecule has 3 unspecified atom stereocenters. The van der Waals surface area contributed by atoms with E-state index in [1.165, 1.54) is 25.7 Å². The highest BCUT2D eigenvalue weighted by molar-refractivity contribution is 4.78. The third-order valence-electron chi connectivity index (χ3n) is 3.33. The third-order valence-corrected chi connectivity index (χ3v) is 3.33. The van der Waals surface area contributed by atoms with Crippen molar-refractivity contribution in [2.24, 2.45) is 17.8 Å². The monoisotopic (exact) mass is 184 g/mol. The van der Waals surface area contributed by atoms with Gasteiger partial charge in [0, 0.05) is 0 Å². The van der Waals surface area contributed by atoms with Crippen molar-refractivity contribution in [1.29, 1.82) is 0 Å². The summed E-state index contributed by atoms with van der Waals surface area (Å²) >= 11 is 0. The van der Waals surface area contributed by atoms with Crippen LogP contribution in [0.3, 0.4) is 0 Å². The Morgan fingerprint density at radius 2 is 2.00 bits per heavy atom. The molecule has 78 valence electrons. The lowest BCUT2D eigenvalue weighted by Crippen LogP contribution is -2.28. The van der Waals surface area contributed by atoms with Gasteiger partial charge in [0.25, 0.3) is 0 Å². The quantitative estimate of drug-likeness (QED) is 0.714. The molecule has 1 fully saturated rings. The zero-order valence-corrected chi connectivity index (χ0v) is 9.29. The van der Waals surface area contributed by atoms with E-state index in [2.05, 4.69) is 20.8 Å². The Labute approximate surface area is 82.5 Å². The van der Waals surface area contributed by atoms with Gasteiger partial charge in [0.2, 0.25) is 0 Å². The molecule has 0 amide bonds. The summed E-state index contributed by atoms with van der Waals surface area (Å²) in [4.78, 5) is 0. The molecule has 1 heteroatoms. The molecule has 0 radical (unpaired) electrons. The average molecular weight is 184 g/mol. The first-order chi connectivity index (χ1) is 6.09. The predicted octanol–water partition coefficient (Wildman–Crippen LogP) is 3.22. The number of aliphatic hydroxyl groups is 1. The van der Waals surface area contributed by atoms with Gasteiger partial charge in [0.15, 0.2) is 0 Å². The number of hydrogen-bond donors (Lipinski definition) is 1. The van der Waals surface area contributed by atoms with Crippen LogP contribution in [-0.4, -0.2) is 11.2 Å². The summed E-state index contributed by atoms with van der Waals surface area (Å²) in [6.07, 6.45) is 6.08. The maximum Gasteiger partial charge on any atom is 0.0570 e. The van der Waals surface area contributed by atoms with Gasteiger partial charge in [0.05, 0.1) is 6.10 Å². The average Bonchev–Trinajstić information content (AvgIpc) is 2.02. The first-order valence-electron chi connectivity index (χ1n) is 5.77. The highest BCUT2D eigenvalue weighted by Gasteiger charge is 2.26. The van der Waals surface area contributed by atoms with Crippen molar-refractivity contribution < 1.29 is 5.11 Å². The van der Waals surface area contributed by atoms with Crippen molar-refractivity contribution in [2.75, 3.05) is 0 Å². The molecule has 1 aliphatic rings. The van der Waals surface area contributed by atoms with Crippen LogP contribution in [0.25, 0.3) is 0 Å². The lowest BCUT2D eigenvalue weighted by molar-refractivity contribution is 0.0423. The summed E-state index contributed by atoms with van der Waals surface area (Å²) in [5.41, 5.74) is 0. The molecule has 0 aromatic carbocycles. The van der Waals surface area contributed by atoms with E-state index in [0.717, 1.165) is 18.3 Å². The molecule has 13 heavy (non-hydrogen) atoms. The second-order valence-electron chi connectivity index (χ2n) is 5.22. The number of rotatable bonds is 3. The first kappa shape index (κ1) is 11.0. The Hall–Kier alpha value is -0.0400. The van der Waals surface area contributed by atoms with Crippen molar-refractivity contribution in [3.05, 3.63) is 0 Å². The fraction of sp³-hybridized carbons (Fsp3) is 1.00. The van der Waals surface area contributed by atoms with Crippen molar-refractivity contribution in [3.63, 3.8) is 0 Å². The Balaban J connectivity index is 2.25. The van der Waals surface area contributed by atoms with Gasteiger partial charge in [-0.1, -0.05) is 33.6 Å². The number of hydrogen-bond acceptors (Lipinski definition) is 1. The molecule has 1 N–H and O–H groups in total. The number of aliphatic hydroxyl groups excluding tert-OH is 1. The molecule has 1 rings (SSSR count). The minimum atomic E-state index is -0.0116. The fourth-order valence-electron chi connectivity index (χ4n) is 2.30. The molecule has 0 bridgehead atoms. The van der Waals surface area contributed by atoms with Crippen LogP contribution in [0.2, 0.25) is 0 Å². The SMILES string of the molecule is CC(C)CCC1CCC(C)CC1O. The van der Waals surface area contributed by atoms with Gasteiger partial charge >= 0.3 is 0 Å². The van der Waals surface area contributed by atoms with Crippen molar-refractivity contribution in [3.8, 4) is 0 Å². The molecular weight excluding hydrogens is 160 g/mol. The topological polar surface area (TPSA) is 20.2 Å². The van der Waals surface area contributed by atoms with Gasteiger partial charge < -0.3 is 5.11 Å². The van der Waals surface area contributed by atoms with Crippen LogP contribution in [-0.2, 0) is 0 Å². The summed E-state index contributed by atoms with van der Waals surface area (Å²) < 4.78 is 0. The summed E-state index contributed by atoms with van der Waals surface area (Å²) in [6, 6.07) is 0. The largest absolute Gasteiger partial charge is 0.393 e. The second-order valence-corrected chi connectivity index (χ2v) is 5.22. The molecule has 0 aliphatic heterocycles. The summed E-state index contributed by atoms with van der Waals surface area (Å²) in [7, 11) is 0. The summed E-state index contributed by atoms with van der Waals surface area (Å²) in [5.74, 6) is 2.12. The van der Waals surface area contributed by atoms with E-state index in [4.69, 9.17) is 0 Å². The van der Waals surface area contributed by atoms with E-state index < -0.39 is 0 Å². The molecule has 1 aliphatic carbocycles. The highest BCUT2D eigenvalue weighted by Crippen LogP contribution is 2.32. The molecule has 0 aromatic heterocycles. The maximum atomic E-state index is 9.85. The third kappa shape index (κ3) is 3.68. The molecule has 3 atom stereocenters. The Morgan fingerprint density at radius 3 is 2.54 bits per heavy atom. The standard InChI is InChI=1S/C12H24O/c1-9(2)4-6-11-7-5-10(3)8-12(11)13/h9-13H,4-8H2,1-3H3. The molecular formula is C12H24O. The first-order valence-corrected chi connectivity index (χ1v) is 5.77. The lowest BCUT2D eigenvalue weighted by Gasteiger charge is -2.31. The summed E-state index contributed by atoms with van der Waals surface area (Å²) in [5, 5.41) is 9.85. The van der Waals surface area contributed by atoms with Gasteiger partial charge in [0.1, 0.15) is 0 Å². The van der Waals surface area contributed by atoms with E-state index in [9.17, 15) is 5.11 Å². The van der Waals surface area contributed by atoms with Crippen LogP contribution < -0.4 is 0 Å². The minimum Gasteiger partial charge on any atom is -0.393 e. The Bertz CT molecular complexity index is 142. The van der Waals surface area contributed by atoms with E-state index in [1.54, 1.807) is 0 Å². The lowest BCUT2D eigenvalue weighted by atomic mass is 9.78. The maximum absolute atomic E-state index is 9.85.